The summed E-state index contributed by atoms with van der Waals surface area (Å²) in [6.45, 7) is 6.66. The second-order valence-electron chi connectivity index (χ2n) is 4.60. The SMILES string of the molecule is CCNC(c1ccc(F)c(C)c1)c1scc(C)c1Cl. The maximum Gasteiger partial charge on any atom is 0.126 e. The summed E-state index contributed by atoms with van der Waals surface area (Å²) in [6, 6.07) is 5.24. The van der Waals surface area contributed by atoms with Crippen LogP contribution in [0.1, 0.15) is 34.5 Å². The van der Waals surface area contributed by atoms with E-state index in [-0.39, 0.29) is 11.9 Å². The van der Waals surface area contributed by atoms with Crippen LogP contribution in [0.15, 0.2) is 23.6 Å². The molecule has 1 unspecified atom stereocenters. The second-order valence-corrected chi connectivity index (χ2v) is 5.89. The van der Waals surface area contributed by atoms with E-state index in [4.69, 9.17) is 11.6 Å². The summed E-state index contributed by atoms with van der Waals surface area (Å²) in [6.07, 6.45) is 0. The van der Waals surface area contributed by atoms with Crippen molar-refractivity contribution >= 4 is 22.9 Å². The lowest BCUT2D eigenvalue weighted by Gasteiger charge is -2.18. The van der Waals surface area contributed by atoms with Crippen LogP contribution in [-0.4, -0.2) is 6.54 Å². The van der Waals surface area contributed by atoms with Crippen LogP contribution < -0.4 is 5.32 Å². The number of benzene rings is 1. The minimum absolute atomic E-state index is 0.0236. The standard InChI is InChI=1S/C15H17ClFNS/c1-4-18-14(15-13(16)10(3)8-19-15)11-5-6-12(17)9(2)7-11/h5-8,14,18H,4H2,1-3H3. The first-order valence-corrected chi connectivity index (χ1v) is 7.53. The molecule has 1 nitrogen and oxygen atoms in total. The number of aryl methyl sites for hydroxylation is 2. The molecule has 2 rings (SSSR count). The van der Waals surface area contributed by atoms with E-state index in [0.717, 1.165) is 27.6 Å². The topological polar surface area (TPSA) is 12.0 Å². The smallest absolute Gasteiger partial charge is 0.126 e. The summed E-state index contributed by atoms with van der Waals surface area (Å²) in [4.78, 5) is 1.09. The van der Waals surface area contributed by atoms with Gasteiger partial charge in [0.25, 0.3) is 0 Å². The minimum atomic E-state index is -0.174. The Hall–Kier alpha value is -0.900. The van der Waals surface area contributed by atoms with Gasteiger partial charge < -0.3 is 5.32 Å². The Morgan fingerprint density at radius 2 is 2.05 bits per heavy atom. The molecule has 1 atom stereocenters. The molecule has 102 valence electrons. The van der Waals surface area contributed by atoms with Gasteiger partial charge in [-0.2, -0.15) is 0 Å². The van der Waals surface area contributed by atoms with Crippen molar-refractivity contribution in [3.63, 3.8) is 0 Å². The molecule has 2 aromatic rings. The van der Waals surface area contributed by atoms with Crippen molar-refractivity contribution in [2.45, 2.75) is 26.8 Å². The Labute approximate surface area is 122 Å². The fourth-order valence-corrected chi connectivity index (χ4v) is 3.46. The van der Waals surface area contributed by atoms with Gasteiger partial charge in [0.2, 0.25) is 0 Å². The van der Waals surface area contributed by atoms with E-state index < -0.39 is 0 Å². The summed E-state index contributed by atoms with van der Waals surface area (Å²) >= 11 is 8.00. The van der Waals surface area contributed by atoms with Gasteiger partial charge in [0.05, 0.1) is 11.1 Å². The Bertz CT molecular complexity index is 580. The predicted octanol–water partition coefficient (Wildman–Crippen LogP) is 4.86. The van der Waals surface area contributed by atoms with Gasteiger partial charge in [-0.3, -0.25) is 0 Å². The van der Waals surface area contributed by atoms with Crippen molar-refractivity contribution in [3.05, 3.63) is 56.0 Å². The molecular formula is C15H17ClFNS. The van der Waals surface area contributed by atoms with E-state index in [1.807, 2.05) is 19.1 Å². The summed E-state index contributed by atoms with van der Waals surface area (Å²) in [5, 5.41) is 6.28. The highest BCUT2D eigenvalue weighted by atomic mass is 35.5. The molecule has 1 heterocycles. The van der Waals surface area contributed by atoms with Crippen molar-refractivity contribution in [3.8, 4) is 0 Å². The molecule has 0 fully saturated rings. The van der Waals surface area contributed by atoms with Crippen molar-refractivity contribution < 1.29 is 4.39 Å². The van der Waals surface area contributed by atoms with Gasteiger partial charge in [-0.15, -0.1) is 11.3 Å². The zero-order valence-electron chi connectivity index (χ0n) is 11.3. The highest BCUT2D eigenvalue weighted by Gasteiger charge is 2.19. The Morgan fingerprint density at radius 3 is 2.58 bits per heavy atom. The molecular weight excluding hydrogens is 281 g/mol. The zero-order valence-corrected chi connectivity index (χ0v) is 12.8. The summed E-state index contributed by atoms with van der Waals surface area (Å²) < 4.78 is 13.4. The second kappa shape index (κ2) is 6.04. The highest BCUT2D eigenvalue weighted by Crippen LogP contribution is 2.36. The van der Waals surface area contributed by atoms with Crippen LogP contribution >= 0.6 is 22.9 Å². The number of halogens is 2. The summed E-state index contributed by atoms with van der Waals surface area (Å²) in [5.41, 5.74) is 2.79. The third kappa shape index (κ3) is 2.99. The lowest BCUT2D eigenvalue weighted by molar-refractivity contribution is 0.609. The lowest BCUT2D eigenvalue weighted by atomic mass is 10.0. The van der Waals surface area contributed by atoms with Crippen molar-refractivity contribution in [2.24, 2.45) is 0 Å². The molecule has 4 heteroatoms. The molecule has 0 aliphatic heterocycles. The predicted molar refractivity (Wildman–Crippen MR) is 80.7 cm³/mol. The van der Waals surface area contributed by atoms with Crippen molar-refractivity contribution in [2.75, 3.05) is 6.54 Å². The van der Waals surface area contributed by atoms with Crippen LogP contribution in [0.4, 0.5) is 4.39 Å². The number of hydrogen-bond donors (Lipinski definition) is 1. The van der Waals surface area contributed by atoms with Crippen LogP contribution in [0, 0.1) is 19.7 Å². The molecule has 1 aromatic heterocycles. The van der Waals surface area contributed by atoms with Gasteiger partial charge in [-0.1, -0.05) is 30.7 Å². The number of rotatable bonds is 4. The van der Waals surface area contributed by atoms with Crippen LogP contribution in [0.25, 0.3) is 0 Å². The fourth-order valence-electron chi connectivity index (χ4n) is 2.06. The lowest BCUT2D eigenvalue weighted by Crippen LogP contribution is -2.21. The van der Waals surface area contributed by atoms with E-state index in [0.29, 0.717) is 5.56 Å². The number of nitrogens with one attached hydrogen (secondary N) is 1. The molecule has 1 N–H and O–H groups in total. The average molecular weight is 298 g/mol. The van der Waals surface area contributed by atoms with Crippen LogP contribution in [0.3, 0.4) is 0 Å². The third-order valence-electron chi connectivity index (χ3n) is 3.11. The molecule has 0 bridgehead atoms. The van der Waals surface area contributed by atoms with Crippen LogP contribution in [-0.2, 0) is 0 Å². The largest absolute Gasteiger partial charge is 0.306 e. The maximum absolute atomic E-state index is 13.4. The van der Waals surface area contributed by atoms with Gasteiger partial charge in [-0.25, -0.2) is 4.39 Å². The molecule has 0 aliphatic rings. The van der Waals surface area contributed by atoms with Gasteiger partial charge in [-0.05, 0) is 48.5 Å². The van der Waals surface area contributed by atoms with Crippen molar-refractivity contribution in [1.29, 1.82) is 0 Å². The number of hydrogen-bond acceptors (Lipinski definition) is 2. The van der Waals surface area contributed by atoms with Crippen LogP contribution in [0.5, 0.6) is 0 Å². The Morgan fingerprint density at radius 1 is 1.32 bits per heavy atom. The molecule has 0 amide bonds. The molecule has 0 saturated carbocycles. The Balaban J connectivity index is 2.45. The van der Waals surface area contributed by atoms with Crippen molar-refractivity contribution in [1.82, 2.24) is 5.32 Å². The van der Waals surface area contributed by atoms with E-state index in [9.17, 15) is 4.39 Å². The summed E-state index contributed by atoms with van der Waals surface area (Å²) in [5.74, 6) is -0.174. The summed E-state index contributed by atoms with van der Waals surface area (Å²) in [7, 11) is 0. The molecule has 0 saturated heterocycles. The molecule has 0 aliphatic carbocycles. The quantitative estimate of drug-likeness (QED) is 0.850. The monoisotopic (exact) mass is 297 g/mol. The average Bonchev–Trinajstić information content (AvgIpc) is 2.71. The third-order valence-corrected chi connectivity index (χ3v) is 4.89. The molecule has 19 heavy (non-hydrogen) atoms. The van der Waals surface area contributed by atoms with Gasteiger partial charge in [0.1, 0.15) is 5.82 Å². The normalized spacial score (nSPS) is 12.7. The van der Waals surface area contributed by atoms with Gasteiger partial charge in [0, 0.05) is 4.88 Å². The van der Waals surface area contributed by atoms with Crippen LogP contribution in [0.2, 0.25) is 5.02 Å². The zero-order chi connectivity index (χ0) is 14.0. The van der Waals surface area contributed by atoms with E-state index in [2.05, 4.69) is 17.6 Å². The van der Waals surface area contributed by atoms with Gasteiger partial charge in [0.15, 0.2) is 0 Å². The Kier molecular flexibility index (Phi) is 4.61. The molecule has 0 spiro atoms. The first-order valence-electron chi connectivity index (χ1n) is 6.27. The molecule has 0 radical (unpaired) electrons. The molecule has 1 aromatic carbocycles. The van der Waals surface area contributed by atoms with E-state index >= 15 is 0 Å². The highest BCUT2D eigenvalue weighted by molar-refractivity contribution is 7.10. The van der Waals surface area contributed by atoms with Gasteiger partial charge >= 0.3 is 0 Å². The fraction of sp³-hybridized carbons (Fsp3) is 0.333. The first kappa shape index (κ1) is 14.5. The maximum atomic E-state index is 13.4. The van der Waals surface area contributed by atoms with E-state index in [1.165, 1.54) is 6.07 Å². The van der Waals surface area contributed by atoms with E-state index in [1.54, 1.807) is 18.3 Å². The first-order chi connectivity index (χ1) is 9.04. The minimum Gasteiger partial charge on any atom is -0.306 e. The number of thiophene rings is 1.